The maximum absolute atomic E-state index is 8.83. The molecule has 1 aromatic rings. The second-order valence-electron chi connectivity index (χ2n) is 1.92. The third kappa shape index (κ3) is 1.46. The fourth-order valence-corrected chi connectivity index (χ4v) is 0.663. The van der Waals surface area contributed by atoms with Crippen LogP contribution in [0.1, 0.15) is 5.56 Å². The first-order valence-electron chi connectivity index (χ1n) is 2.90. The Bertz CT molecular complexity index is 176. The molecule has 1 rings (SSSR count). The van der Waals surface area contributed by atoms with E-state index in [1.807, 2.05) is 12.1 Å². The van der Waals surface area contributed by atoms with Crippen molar-refractivity contribution in [2.45, 2.75) is 6.42 Å². The highest BCUT2D eigenvalue weighted by atomic mass is 16.3. The summed E-state index contributed by atoms with van der Waals surface area (Å²) in [6.45, 7) is 3.70. The van der Waals surface area contributed by atoms with Gasteiger partial charge in [-0.05, 0) is 31.0 Å². The number of rotatable bonds is 1. The maximum Gasteiger partial charge on any atom is 0.115 e. The van der Waals surface area contributed by atoms with Crippen LogP contribution in [0.2, 0.25) is 0 Å². The number of phenols is 1. The van der Waals surface area contributed by atoms with E-state index in [9.17, 15) is 0 Å². The summed E-state index contributed by atoms with van der Waals surface area (Å²) in [5.74, 6) is 0.312. The van der Waals surface area contributed by atoms with Gasteiger partial charge < -0.3 is 5.11 Å². The molecule has 0 aliphatic carbocycles. The second-order valence-corrected chi connectivity index (χ2v) is 1.92. The molecule has 1 heteroatoms. The summed E-state index contributed by atoms with van der Waals surface area (Å²) in [7, 11) is 0. The predicted molar refractivity (Wildman–Crippen MR) is 37.2 cm³/mol. The predicted octanol–water partition coefficient (Wildman–Crippen LogP) is 1.77. The van der Waals surface area contributed by atoms with E-state index < -0.39 is 0 Å². The van der Waals surface area contributed by atoms with Crippen molar-refractivity contribution in [1.29, 1.82) is 0 Å². The van der Waals surface area contributed by atoms with Gasteiger partial charge in [0.25, 0.3) is 0 Å². The Morgan fingerprint density at radius 2 is 1.78 bits per heavy atom. The van der Waals surface area contributed by atoms with Crippen LogP contribution in [0.25, 0.3) is 0 Å². The van der Waals surface area contributed by atoms with E-state index in [4.69, 9.17) is 5.11 Å². The van der Waals surface area contributed by atoms with E-state index in [1.165, 1.54) is 0 Å². The summed E-state index contributed by atoms with van der Waals surface area (Å²) in [6.07, 6.45) is 0.778. The molecule has 1 nitrogen and oxygen atoms in total. The lowest BCUT2D eigenvalue weighted by molar-refractivity contribution is 0.475. The Hall–Kier alpha value is -0.980. The second kappa shape index (κ2) is 2.53. The van der Waals surface area contributed by atoms with Crippen LogP contribution in [-0.4, -0.2) is 5.11 Å². The Kier molecular flexibility index (Phi) is 1.73. The lowest BCUT2D eigenvalue weighted by atomic mass is 10.2. The lowest BCUT2D eigenvalue weighted by Crippen LogP contribution is -1.75. The zero-order valence-electron chi connectivity index (χ0n) is 5.17. The van der Waals surface area contributed by atoms with Gasteiger partial charge in [-0.1, -0.05) is 12.1 Å². The van der Waals surface area contributed by atoms with Crippen molar-refractivity contribution in [2.24, 2.45) is 0 Å². The SMILES string of the molecule is [CH2]Cc1ccc(O)cc1. The number of benzene rings is 1. The Morgan fingerprint density at radius 1 is 1.22 bits per heavy atom. The molecule has 0 spiro atoms. The standard InChI is InChI=1S/C8H9O/c1-2-7-3-5-8(9)6-4-7/h3-6,9H,1-2H2. The average Bonchev–Trinajstić information content (AvgIpc) is 1.90. The van der Waals surface area contributed by atoms with E-state index in [0.717, 1.165) is 12.0 Å². The molecule has 1 aromatic carbocycles. The van der Waals surface area contributed by atoms with Crippen LogP contribution in [0.3, 0.4) is 0 Å². The highest BCUT2D eigenvalue weighted by molar-refractivity contribution is 5.25. The minimum absolute atomic E-state index is 0.312. The molecule has 0 aromatic heterocycles. The molecule has 9 heavy (non-hydrogen) atoms. The van der Waals surface area contributed by atoms with Gasteiger partial charge in [-0.25, -0.2) is 0 Å². The summed E-state index contributed by atoms with van der Waals surface area (Å²) in [5, 5.41) is 8.83. The van der Waals surface area contributed by atoms with Crippen molar-refractivity contribution in [1.82, 2.24) is 0 Å². The van der Waals surface area contributed by atoms with Gasteiger partial charge in [0.1, 0.15) is 5.75 Å². The molecule has 0 fully saturated rings. The first-order chi connectivity index (χ1) is 4.33. The topological polar surface area (TPSA) is 20.2 Å². The largest absolute Gasteiger partial charge is 0.508 e. The van der Waals surface area contributed by atoms with E-state index >= 15 is 0 Å². The lowest BCUT2D eigenvalue weighted by Gasteiger charge is -1.93. The molecular weight excluding hydrogens is 112 g/mol. The summed E-state index contributed by atoms with van der Waals surface area (Å²) in [4.78, 5) is 0. The summed E-state index contributed by atoms with van der Waals surface area (Å²) < 4.78 is 0. The fourth-order valence-electron chi connectivity index (χ4n) is 0.663. The number of phenolic OH excluding ortho intramolecular Hbond substituents is 1. The summed E-state index contributed by atoms with van der Waals surface area (Å²) in [5.41, 5.74) is 1.15. The van der Waals surface area contributed by atoms with Gasteiger partial charge in [-0.2, -0.15) is 0 Å². The Balaban J connectivity index is 2.88. The van der Waals surface area contributed by atoms with Gasteiger partial charge in [0.15, 0.2) is 0 Å². The summed E-state index contributed by atoms with van der Waals surface area (Å²) >= 11 is 0. The third-order valence-corrected chi connectivity index (χ3v) is 1.23. The molecular formula is C8H9O. The van der Waals surface area contributed by atoms with E-state index in [2.05, 4.69) is 6.92 Å². The minimum atomic E-state index is 0.312. The molecule has 0 saturated heterocycles. The number of aromatic hydroxyl groups is 1. The zero-order valence-corrected chi connectivity index (χ0v) is 5.17. The smallest absolute Gasteiger partial charge is 0.115 e. The first-order valence-corrected chi connectivity index (χ1v) is 2.90. The van der Waals surface area contributed by atoms with Crippen LogP contribution >= 0.6 is 0 Å². The number of hydrogen-bond donors (Lipinski definition) is 1. The molecule has 0 bridgehead atoms. The molecule has 0 atom stereocenters. The molecule has 0 unspecified atom stereocenters. The van der Waals surface area contributed by atoms with Crippen LogP contribution in [0.5, 0.6) is 5.75 Å². The normalized spacial score (nSPS) is 9.44. The monoisotopic (exact) mass is 121 g/mol. The molecule has 47 valence electrons. The van der Waals surface area contributed by atoms with Crippen molar-refractivity contribution >= 4 is 0 Å². The van der Waals surface area contributed by atoms with E-state index in [1.54, 1.807) is 12.1 Å². The van der Waals surface area contributed by atoms with Gasteiger partial charge in [0, 0.05) is 0 Å². The molecule has 0 saturated carbocycles. The molecule has 0 heterocycles. The quantitative estimate of drug-likeness (QED) is 0.600. The van der Waals surface area contributed by atoms with E-state index in [-0.39, 0.29) is 0 Å². The van der Waals surface area contributed by atoms with Gasteiger partial charge >= 0.3 is 0 Å². The molecule has 0 amide bonds. The van der Waals surface area contributed by atoms with Crippen molar-refractivity contribution in [3.63, 3.8) is 0 Å². The highest BCUT2D eigenvalue weighted by Crippen LogP contribution is 2.08. The molecule has 0 aliphatic rings. The van der Waals surface area contributed by atoms with Crippen LogP contribution in [0, 0.1) is 6.92 Å². The molecule has 0 aliphatic heterocycles. The first kappa shape index (κ1) is 6.14. The van der Waals surface area contributed by atoms with Crippen molar-refractivity contribution in [3.8, 4) is 5.75 Å². The fraction of sp³-hybridized carbons (Fsp3) is 0.125. The molecule has 1 N–H and O–H groups in total. The van der Waals surface area contributed by atoms with Gasteiger partial charge in [-0.3, -0.25) is 0 Å². The van der Waals surface area contributed by atoms with Crippen molar-refractivity contribution in [2.75, 3.05) is 0 Å². The zero-order chi connectivity index (χ0) is 6.69. The van der Waals surface area contributed by atoms with Crippen molar-refractivity contribution in [3.05, 3.63) is 36.8 Å². The average molecular weight is 121 g/mol. The van der Waals surface area contributed by atoms with Crippen LogP contribution in [-0.2, 0) is 6.42 Å². The third-order valence-electron chi connectivity index (χ3n) is 1.23. The minimum Gasteiger partial charge on any atom is -0.508 e. The van der Waals surface area contributed by atoms with Crippen LogP contribution in [0.15, 0.2) is 24.3 Å². The van der Waals surface area contributed by atoms with Crippen LogP contribution < -0.4 is 0 Å². The van der Waals surface area contributed by atoms with Crippen LogP contribution in [0.4, 0.5) is 0 Å². The van der Waals surface area contributed by atoms with Gasteiger partial charge in [0.05, 0.1) is 0 Å². The molecule has 1 radical (unpaired) electrons. The van der Waals surface area contributed by atoms with Crippen molar-refractivity contribution < 1.29 is 5.11 Å². The van der Waals surface area contributed by atoms with E-state index in [0.29, 0.717) is 5.75 Å². The van der Waals surface area contributed by atoms with Gasteiger partial charge in [0.2, 0.25) is 0 Å². The maximum atomic E-state index is 8.83. The number of hydrogen-bond acceptors (Lipinski definition) is 1. The van der Waals surface area contributed by atoms with Gasteiger partial charge in [-0.15, -0.1) is 0 Å². The Labute approximate surface area is 55.0 Å². The summed E-state index contributed by atoms with van der Waals surface area (Å²) in [6, 6.07) is 7.06. The Morgan fingerprint density at radius 3 is 2.22 bits per heavy atom. The highest BCUT2D eigenvalue weighted by Gasteiger charge is 1.86.